The first-order chi connectivity index (χ1) is 9.89. The van der Waals surface area contributed by atoms with Crippen molar-refractivity contribution >= 4 is 6.09 Å². The molecule has 0 unspecified atom stereocenters. The summed E-state index contributed by atoms with van der Waals surface area (Å²) in [6.07, 6.45) is 5.29. The minimum Gasteiger partial charge on any atom is -0.444 e. The highest BCUT2D eigenvalue weighted by Gasteiger charge is 2.27. The van der Waals surface area contributed by atoms with Crippen molar-refractivity contribution in [3.63, 3.8) is 0 Å². The predicted octanol–water partition coefficient (Wildman–Crippen LogP) is 2.05. The molecule has 1 aliphatic rings. The molecule has 1 saturated heterocycles. The molecule has 116 valence electrons. The van der Waals surface area contributed by atoms with E-state index in [1.807, 2.05) is 33.2 Å². The quantitative estimate of drug-likeness (QED) is 0.902. The smallest absolute Gasteiger partial charge is 0.410 e. The molecule has 0 radical (unpaired) electrons. The van der Waals surface area contributed by atoms with Gasteiger partial charge in [-0.05, 0) is 45.1 Å². The number of hydrogen-bond donors (Lipinski definition) is 1. The van der Waals surface area contributed by atoms with Crippen LogP contribution in [0.3, 0.4) is 0 Å². The minimum atomic E-state index is -0.445. The molecular weight excluding hydrogens is 268 g/mol. The number of ether oxygens (including phenoxy) is 1. The van der Waals surface area contributed by atoms with Crippen molar-refractivity contribution in [3.05, 3.63) is 23.8 Å². The molecule has 1 aliphatic heterocycles. The van der Waals surface area contributed by atoms with Crippen molar-refractivity contribution in [1.29, 1.82) is 0 Å². The maximum absolute atomic E-state index is 12.0. The van der Waals surface area contributed by atoms with Gasteiger partial charge in [0.2, 0.25) is 0 Å². The standard InChI is InChI=1S/C15H24N4O2/c1-15(2,3)21-14(20)19-6-4-11(5-7-19)12-9-17-13(8-16)18-10-12/h9-11H,4-8,16H2,1-3H3. The van der Waals surface area contributed by atoms with E-state index in [1.54, 1.807) is 4.90 Å². The lowest BCUT2D eigenvalue weighted by Crippen LogP contribution is -2.41. The monoisotopic (exact) mass is 292 g/mol. The number of likely N-dealkylation sites (tertiary alicyclic amines) is 1. The van der Waals surface area contributed by atoms with Crippen LogP contribution in [-0.4, -0.2) is 39.7 Å². The lowest BCUT2D eigenvalue weighted by Gasteiger charge is -2.33. The van der Waals surface area contributed by atoms with Gasteiger partial charge in [0.15, 0.2) is 0 Å². The predicted molar refractivity (Wildman–Crippen MR) is 79.7 cm³/mol. The summed E-state index contributed by atoms with van der Waals surface area (Å²) in [5.41, 5.74) is 6.17. The second-order valence-corrected chi connectivity index (χ2v) is 6.38. The summed E-state index contributed by atoms with van der Waals surface area (Å²) < 4.78 is 5.40. The first kappa shape index (κ1) is 15.7. The van der Waals surface area contributed by atoms with E-state index in [2.05, 4.69) is 9.97 Å². The van der Waals surface area contributed by atoms with Crippen molar-refractivity contribution in [3.8, 4) is 0 Å². The summed E-state index contributed by atoms with van der Waals surface area (Å²) in [5, 5.41) is 0. The number of carbonyl (C=O) groups is 1. The van der Waals surface area contributed by atoms with Crippen molar-refractivity contribution in [2.75, 3.05) is 13.1 Å². The number of rotatable bonds is 2. The van der Waals surface area contributed by atoms with Gasteiger partial charge in [0.25, 0.3) is 0 Å². The van der Waals surface area contributed by atoms with Crippen LogP contribution in [0.15, 0.2) is 12.4 Å². The molecule has 6 heteroatoms. The third-order valence-electron chi connectivity index (χ3n) is 3.53. The molecule has 1 aromatic rings. The number of nitrogens with two attached hydrogens (primary N) is 1. The van der Waals surface area contributed by atoms with Crippen LogP contribution in [0.4, 0.5) is 4.79 Å². The third kappa shape index (κ3) is 4.39. The molecule has 2 rings (SSSR count). The van der Waals surface area contributed by atoms with Crippen LogP contribution in [0.2, 0.25) is 0 Å². The summed E-state index contributed by atoms with van der Waals surface area (Å²) in [5.74, 6) is 1.06. The van der Waals surface area contributed by atoms with Gasteiger partial charge in [-0.15, -0.1) is 0 Å². The van der Waals surface area contributed by atoms with Crippen LogP contribution in [0.25, 0.3) is 0 Å². The molecule has 2 N–H and O–H groups in total. The van der Waals surface area contributed by atoms with Crippen LogP contribution in [0.5, 0.6) is 0 Å². The Hall–Kier alpha value is -1.69. The van der Waals surface area contributed by atoms with E-state index >= 15 is 0 Å². The zero-order valence-electron chi connectivity index (χ0n) is 13.0. The molecule has 0 aromatic carbocycles. The summed E-state index contributed by atoms with van der Waals surface area (Å²) >= 11 is 0. The van der Waals surface area contributed by atoms with Crippen LogP contribution in [0, 0.1) is 0 Å². The fourth-order valence-corrected chi connectivity index (χ4v) is 2.40. The number of amides is 1. The molecule has 21 heavy (non-hydrogen) atoms. The Morgan fingerprint density at radius 1 is 1.33 bits per heavy atom. The average molecular weight is 292 g/mol. The molecule has 0 atom stereocenters. The third-order valence-corrected chi connectivity index (χ3v) is 3.53. The fraction of sp³-hybridized carbons (Fsp3) is 0.667. The largest absolute Gasteiger partial charge is 0.444 e. The zero-order valence-corrected chi connectivity index (χ0v) is 13.0. The van der Waals surface area contributed by atoms with Crippen molar-refractivity contribution in [1.82, 2.24) is 14.9 Å². The lowest BCUT2D eigenvalue weighted by atomic mass is 9.91. The van der Waals surface area contributed by atoms with Crippen LogP contribution in [0.1, 0.15) is 50.9 Å². The molecule has 1 amide bonds. The fourth-order valence-electron chi connectivity index (χ4n) is 2.40. The Morgan fingerprint density at radius 3 is 2.38 bits per heavy atom. The van der Waals surface area contributed by atoms with Gasteiger partial charge >= 0.3 is 6.09 Å². The normalized spacial score (nSPS) is 16.9. The van der Waals surface area contributed by atoms with Gasteiger partial charge in [0.1, 0.15) is 11.4 Å². The molecular formula is C15H24N4O2. The summed E-state index contributed by atoms with van der Waals surface area (Å²) in [7, 11) is 0. The van der Waals surface area contributed by atoms with Gasteiger partial charge in [0.05, 0.1) is 6.54 Å². The summed E-state index contributed by atoms with van der Waals surface area (Å²) in [6, 6.07) is 0. The van der Waals surface area contributed by atoms with E-state index in [9.17, 15) is 4.79 Å². The lowest BCUT2D eigenvalue weighted by molar-refractivity contribution is 0.0205. The van der Waals surface area contributed by atoms with E-state index in [0.29, 0.717) is 31.4 Å². The topological polar surface area (TPSA) is 81.3 Å². The summed E-state index contributed by atoms with van der Waals surface area (Å²) in [6.45, 7) is 7.42. The molecule has 0 bridgehead atoms. The molecule has 6 nitrogen and oxygen atoms in total. The molecule has 0 saturated carbocycles. The van der Waals surface area contributed by atoms with Crippen molar-refractivity contribution in [2.24, 2.45) is 5.73 Å². The number of nitrogens with zero attached hydrogens (tertiary/aromatic N) is 3. The van der Waals surface area contributed by atoms with Crippen LogP contribution < -0.4 is 5.73 Å². The second-order valence-electron chi connectivity index (χ2n) is 6.38. The Kier molecular flexibility index (Phi) is 4.77. The molecule has 2 heterocycles. The van der Waals surface area contributed by atoms with Gasteiger partial charge in [0, 0.05) is 25.5 Å². The van der Waals surface area contributed by atoms with E-state index in [0.717, 1.165) is 18.4 Å². The van der Waals surface area contributed by atoms with E-state index in [4.69, 9.17) is 10.5 Å². The molecule has 1 aromatic heterocycles. The van der Waals surface area contributed by atoms with Gasteiger partial charge in [-0.2, -0.15) is 0 Å². The zero-order chi connectivity index (χ0) is 15.5. The second kappa shape index (κ2) is 6.39. The Labute approximate surface area is 125 Å². The highest BCUT2D eigenvalue weighted by atomic mass is 16.6. The number of aromatic nitrogens is 2. The SMILES string of the molecule is CC(C)(C)OC(=O)N1CCC(c2cnc(CN)nc2)CC1. The molecule has 0 spiro atoms. The van der Waals surface area contributed by atoms with Gasteiger partial charge in [-0.3, -0.25) is 0 Å². The van der Waals surface area contributed by atoms with E-state index < -0.39 is 5.60 Å². The Bertz CT molecular complexity index is 473. The van der Waals surface area contributed by atoms with E-state index in [1.165, 1.54) is 0 Å². The molecule has 0 aliphatic carbocycles. The number of carbonyl (C=O) groups excluding carboxylic acids is 1. The Balaban J connectivity index is 1.89. The van der Waals surface area contributed by atoms with Gasteiger partial charge in [-0.25, -0.2) is 14.8 Å². The molecule has 1 fully saturated rings. The highest BCUT2D eigenvalue weighted by Crippen LogP contribution is 2.27. The first-order valence-corrected chi connectivity index (χ1v) is 7.38. The number of piperidine rings is 1. The van der Waals surface area contributed by atoms with Gasteiger partial charge < -0.3 is 15.4 Å². The Morgan fingerprint density at radius 2 is 1.90 bits per heavy atom. The van der Waals surface area contributed by atoms with Crippen molar-refractivity contribution in [2.45, 2.75) is 51.7 Å². The maximum Gasteiger partial charge on any atom is 0.410 e. The van der Waals surface area contributed by atoms with Crippen molar-refractivity contribution < 1.29 is 9.53 Å². The maximum atomic E-state index is 12.0. The summed E-state index contributed by atoms with van der Waals surface area (Å²) in [4.78, 5) is 22.2. The number of hydrogen-bond acceptors (Lipinski definition) is 5. The van der Waals surface area contributed by atoms with Crippen LogP contribution in [-0.2, 0) is 11.3 Å². The van der Waals surface area contributed by atoms with Crippen LogP contribution >= 0.6 is 0 Å². The van der Waals surface area contributed by atoms with Gasteiger partial charge in [-0.1, -0.05) is 0 Å². The average Bonchev–Trinajstić information content (AvgIpc) is 2.46. The highest BCUT2D eigenvalue weighted by molar-refractivity contribution is 5.68. The first-order valence-electron chi connectivity index (χ1n) is 7.38. The minimum absolute atomic E-state index is 0.226. The van der Waals surface area contributed by atoms with E-state index in [-0.39, 0.29) is 6.09 Å².